The van der Waals surface area contributed by atoms with E-state index in [-0.39, 0.29) is 6.10 Å². The molecule has 0 spiro atoms. The van der Waals surface area contributed by atoms with Gasteiger partial charge in [0.25, 0.3) is 0 Å². The number of hydrogen-bond acceptors (Lipinski definition) is 3. The molecule has 0 atom stereocenters. The first-order chi connectivity index (χ1) is 10.5. The molecule has 5 nitrogen and oxygen atoms in total. The lowest BCUT2D eigenvalue weighted by molar-refractivity contribution is 0.100. The van der Waals surface area contributed by atoms with Gasteiger partial charge in [-0.05, 0) is 56.3 Å². The Morgan fingerprint density at radius 2 is 1.91 bits per heavy atom. The Kier molecular flexibility index (Phi) is 3.55. The van der Waals surface area contributed by atoms with Gasteiger partial charge in [0.05, 0.1) is 23.5 Å². The molecular formula is C17H17N3O2. The molecule has 1 amide bonds. The summed E-state index contributed by atoms with van der Waals surface area (Å²) < 4.78 is 7.45. The van der Waals surface area contributed by atoms with Crippen LogP contribution in [0.4, 0.5) is 0 Å². The molecule has 3 rings (SSSR count). The van der Waals surface area contributed by atoms with E-state index in [1.165, 1.54) is 0 Å². The predicted octanol–water partition coefficient (Wildman–Crippen LogP) is 2.91. The Balaban J connectivity index is 1.98. The molecule has 5 heteroatoms. The van der Waals surface area contributed by atoms with Gasteiger partial charge in [-0.3, -0.25) is 4.79 Å². The number of amides is 1. The Bertz CT molecular complexity index is 820. The van der Waals surface area contributed by atoms with E-state index in [0.29, 0.717) is 5.56 Å². The Hall–Kier alpha value is -2.82. The van der Waals surface area contributed by atoms with Crippen LogP contribution in [0.3, 0.4) is 0 Å². The van der Waals surface area contributed by atoms with Gasteiger partial charge in [0.2, 0.25) is 5.91 Å². The molecule has 112 valence electrons. The van der Waals surface area contributed by atoms with Crippen LogP contribution in [0, 0.1) is 0 Å². The fourth-order valence-corrected chi connectivity index (χ4v) is 2.33. The molecule has 0 fully saturated rings. The predicted molar refractivity (Wildman–Crippen MR) is 85.4 cm³/mol. The van der Waals surface area contributed by atoms with Crippen molar-refractivity contribution in [2.75, 3.05) is 0 Å². The van der Waals surface area contributed by atoms with Crippen LogP contribution in [0.5, 0.6) is 5.75 Å². The second-order valence-electron chi connectivity index (χ2n) is 5.35. The zero-order valence-electron chi connectivity index (χ0n) is 12.5. The Labute approximate surface area is 128 Å². The average molecular weight is 295 g/mol. The monoisotopic (exact) mass is 295 g/mol. The van der Waals surface area contributed by atoms with Gasteiger partial charge in [-0.1, -0.05) is 0 Å². The first-order valence-corrected chi connectivity index (χ1v) is 7.09. The van der Waals surface area contributed by atoms with Crippen molar-refractivity contribution in [1.82, 2.24) is 9.78 Å². The van der Waals surface area contributed by atoms with Crippen LogP contribution < -0.4 is 10.5 Å². The standard InChI is InChI=1S/C17H17N3O2/c1-11(2)22-15-6-4-14(5-7-15)20-16-8-3-12(17(18)21)9-13(16)10-19-20/h3-11H,1-2H3,(H2,18,21). The van der Waals surface area contributed by atoms with E-state index in [0.717, 1.165) is 22.3 Å². The lowest BCUT2D eigenvalue weighted by atomic mass is 10.1. The van der Waals surface area contributed by atoms with Gasteiger partial charge in [0, 0.05) is 10.9 Å². The number of carbonyl (C=O) groups excluding carboxylic acids is 1. The maximum Gasteiger partial charge on any atom is 0.248 e. The minimum atomic E-state index is -0.440. The topological polar surface area (TPSA) is 70.1 Å². The number of rotatable bonds is 4. The van der Waals surface area contributed by atoms with Gasteiger partial charge >= 0.3 is 0 Å². The van der Waals surface area contributed by atoms with E-state index >= 15 is 0 Å². The van der Waals surface area contributed by atoms with Crippen molar-refractivity contribution in [3.8, 4) is 11.4 Å². The first kappa shape index (κ1) is 14.1. The van der Waals surface area contributed by atoms with Crippen LogP contribution in [0.1, 0.15) is 24.2 Å². The fourth-order valence-electron chi connectivity index (χ4n) is 2.33. The average Bonchev–Trinajstić information content (AvgIpc) is 2.90. The lowest BCUT2D eigenvalue weighted by Gasteiger charge is -2.10. The highest BCUT2D eigenvalue weighted by Gasteiger charge is 2.08. The van der Waals surface area contributed by atoms with Crippen molar-refractivity contribution >= 4 is 16.8 Å². The molecule has 0 saturated carbocycles. The van der Waals surface area contributed by atoms with E-state index < -0.39 is 5.91 Å². The molecule has 2 N–H and O–H groups in total. The Morgan fingerprint density at radius 3 is 2.55 bits per heavy atom. The maximum atomic E-state index is 11.2. The normalized spacial score (nSPS) is 11.0. The molecular weight excluding hydrogens is 278 g/mol. The molecule has 0 radical (unpaired) electrons. The summed E-state index contributed by atoms with van der Waals surface area (Å²) in [7, 11) is 0. The molecule has 0 aliphatic carbocycles. The number of carbonyl (C=O) groups is 1. The van der Waals surface area contributed by atoms with Crippen molar-refractivity contribution in [3.63, 3.8) is 0 Å². The van der Waals surface area contributed by atoms with E-state index in [1.54, 1.807) is 18.3 Å². The summed E-state index contributed by atoms with van der Waals surface area (Å²) in [5.74, 6) is 0.385. The molecule has 0 aliphatic heterocycles. The summed E-state index contributed by atoms with van der Waals surface area (Å²) in [6.07, 6.45) is 1.86. The SMILES string of the molecule is CC(C)Oc1ccc(-n2ncc3cc(C(N)=O)ccc32)cc1. The number of nitrogens with zero attached hydrogens (tertiary/aromatic N) is 2. The zero-order valence-corrected chi connectivity index (χ0v) is 12.5. The molecule has 1 heterocycles. The molecule has 2 aromatic carbocycles. The third-order valence-electron chi connectivity index (χ3n) is 3.31. The molecule has 3 aromatic rings. The molecule has 22 heavy (non-hydrogen) atoms. The summed E-state index contributed by atoms with van der Waals surface area (Å²) in [4.78, 5) is 11.2. The third-order valence-corrected chi connectivity index (χ3v) is 3.31. The minimum Gasteiger partial charge on any atom is -0.491 e. The van der Waals surface area contributed by atoms with E-state index in [9.17, 15) is 4.79 Å². The summed E-state index contributed by atoms with van der Waals surface area (Å²) in [6.45, 7) is 3.98. The third kappa shape index (κ3) is 2.65. The highest BCUT2D eigenvalue weighted by molar-refractivity contribution is 5.97. The van der Waals surface area contributed by atoms with E-state index in [4.69, 9.17) is 10.5 Å². The van der Waals surface area contributed by atoms with Gasteiger partial charge < -0.3 is 10.5 Å². The largest absolute Gasteiger partial charge is 0.491 e. The van der Waals surface area contributed by atoms with Crippen LogP contribution >= 0.6 is 0 Å². The second-order valence-corrected chi connectivity index (χ2v) is 5.35. The molecule has 0 saturated heterocycles. The van der Waals surface area contributed by atoms with Crippen LogP contribution in [-0.4, -0.2) is 21.8 Å². The lowest BCUT2D eigenvalue weighted by Crippen LogP contribution is -2.10. The fraction of sp³-hybridized carbons (Fsp3) is 0.176. The van der Waals surface area contributed by atoms with Crippen molar-refractivity contribution in [1.29, 1.82) is 0 Å². The molecule has 0 bridgehead atoms. The highest BCUT2D eigenvalue weighted by atomic mass is 16.5. The summed E-state index contributed by atoms with van der Waals surface area (Å²) in [6, 6.07) is 13.0. The van der Waals surface area contributed by atoms with Crippen molar-refractivity contribution < 1.29 is 9.53 Å². The van der Waals surface area contributed by atoms with Crippen molar-refractivity contribution in [2.45, 2.75) is 20.0 Å². The van der Waals surface area contributed by atoms with E-state index in [2.05, 4.69) is 5.10 Å². The van der Waals surface area contributed by atoms with Gasteiger partial charge in [0.15, 0.2) is 0 Å². The summed E-state index contributed by atoms with van der Waals surface area (Å²) in [5, 5.41) is 5.25. The number of aromatic nitrogens is 2. The van der Waals surface area contributed by atoms with E-state index in [1.807, 2.05) is 48.9 Å². The number of ether oxygens (including phenoxy) is 1. The molecule has 1 aromatic heterocycles. The number of hydrogen-bond donors (Lipinski definition) is 1. The number of primary amides is 1. The van der Waals surface area contributed by atoms with Gasteiger partial charge in [-0.15, -0.1) is 0 Å². The van der Waals surface area contributed by atoms with Crippen LogP contribution in [0.2, 0.25) is 0 Å². The molecule has 0 aliphatic rings. The number of fused-ring (bicyclic) bond motifs is 1. The Morgan fingerprint density at radius 1 is 1.18 bits per heavy atom. The highest BCUT2D eigenvalue weighted by Crippen LogP contribution is 2.22. The first-order valence-electron chi connectivity index (χ1n) is 7.09. The van der Waals surface area contributed by atoms with Gasteiger partial charge in [0.1, 0.15) is 5.75 Å². The van der Waals surface area contributed by atoms with Crippen LogP contribution in [-0.2, 0) is 0 Å². The number of nitrogens with two attached hydrogens (primary N) is 1. The number of benzene rings is 2. The van der Waals surface area contributed by atoms with Crippen LogP contribution in [0.15, 0.2) is 48.7 Å². The zero-order chi connectivity index (χ0) is 15.7. The maximum absolute atomic E-state index is 11.2. The summed E-state index contributed by atoms with van der Waals surface area (Å²) >= 11 is 0. The van der Waals surface area contributed by atoms with Gasteiger partial charge in [-0.25, -0.2) is 4.68 Å². The second kappa shape index (κ2) is 5.52. The van der Waals surface area contributed by atoms with Crippen molar-refractivity contribution in [3.05, 3.63) is 54.2 Å². The minimum absolute atomic E-state index is 0.142. The quantitative estimate of drug-likeness (QED) is 0.804. The van der Waals surface area contributed by atoms with Gasteiger partial charge in [-0.2, -0.15) is 5.10 Å². The van der Waals surface area contributed by atoms with Crippen molar-refractivity contribution in [2.24, 2.45) is 5.73 Å². The summed E-state index contributed by atoms with van der Waals surface area (Å²) in [5.41, 5.74) is 7.63. The molecule has 0 unspecified atom stereocenters. The smallest absolute Gasteiger partial charge is 0.248 e. The van der Waals surface area contributed by atoms with Crippen LogP contribution in [0.25, 0.3) is 16.6 Å².